The minimum absolute atomic E-state index is 0.0940. The molecular formula is C25H22FN5O5S2. The van der Waals surface area contributed by atoms with Gasteiger partial charge in [0.25, 0.3) is 20.0 Å². The number of nitrogens with one attached hydrogen (secondary N) is 2. The number of aromatic nitrogens is 2. The molecule has 0 radical (unpaired) electrons. The summed E-state index contributed by atoms with van der Waals surface area (Å²) in [6.07, 6.45) is 2.78. The zero-order valence-corrected chi connectivity index (χ0v) is 21.6. The number of benzene rings is 3. The van der Waals surface area contributed by atoms with E-state index in [0.29, 0.717) is 0 Å². The van der Waals surface area contributed by atoms with Gasteiger partial charge in [0.15, 0.2) is 0 Å². The van der Waals surface area contributed by atoms with Gasteiger partial charge in [0, 0.05) is 18.1 Å². The van der Waals surface area contributed by atoms with Gasteiger partial charge in [-0.15, -0.1) is 0 Å². The van der Waals surface area contributed by atoms with Gasteiger partial charge in [-0.2, -0.15) is 0 Å². The van der Waals surface area contributed by atoms with Crippen LogP contribution in [0.5, 0.6) is 0 Å². The molecule has 0 bridgehead atoms. The van der Waals surface area contributed by atoms with Crippen LogP contribution in [-0.4, -0.2) is 39.3 Å². The van der Waals surface area contributed by atoms with Crippen molar-refractivity contribution in [2.24, 2.45) is 0 Å². The lowest BCUT2D eigenvalue weighted by molar-refractivity contribution is -0.114. The van der Waals surface area contributed by atoms with E-state index < -0.39 is 38.3 Å². The molecule has 1 amide bonds. The van der Waals surface area contributed by atoms with E-state index in [9.17, 15) is 26.0 Å². The van der Waals surface area contributed by atoms with Crippen molar-refractivity contribution < 1.29 is 26.0 Å². The Balaban J connectivity index is 1.53. The first kappa shape index (κ1) is 26.7. The maximum absolute atomic E-state index is 13.4. The van der Waals surface area contributed by atoms with Crippen LogP contribution in [0.3, 0.4) is 0 Å². The number of hydrogen-bond acceptors (Lipinski definition) is 7. The average molecular weight is 556 g/mol. The Bertz CT molecular complexity index is 1630. The van der Waals surface area contributed by atoms with Crippen LogP contribution < -0.4 is 14.3 Å². The van der Waals surface area contributed by atoms with Gasteiger partial charge in [0.1, 0.15) is 12.4 Å². The highest BCUT2D eigenvalue weighted by atomic mass is 32.2. The minimum Gasteiger partial charge on any atom is -0.325 e. The second-order valence-corrected chi connectivity index (χ2v) is 11.6. The fraction of sp³-hybridized carbons (Fsp3) is 0.0800. The molecule has 0 saturated carbocycles. The Labute approximate surface area is 219 Å². The van der Waals surface area contributed by atoms with Crippen molar-refractivity contribution in [3.8, 4) is 0 Å². The highest BCUT2D eigenvalue weighted by Gasteiger charge is 2.27. The molecule has 4 rings (SSSR count). The maximum atomic E-state index is 13.4. The van der Waals surface area contributed by atoms with Crippen LogP contribution in [0, 0.1) is 12.7 Å². The molecule has 0 aliphatic heterocycles. The lowest BCUT2D eigenvalue weighted by Gasteiger charge is -2.24. The first-order valence-electron chi connectivity index (χ1n) is 11.1. The summed E-state index contributed by atoms with van der Waals surface area (Å²) in [7, 11) is -8.19. The Hall–Kier alpha value is -4.36. The first-order valence-corrected chi connectivity index (χ1v) is 14.0. The van der Waals surface area contributed by atoms with Gasteiger partial charge in [-0.25, -0.2) is 35.9 Å². The highest BCUT2D eigenvalue weighted by molar-refractivity contribution is 7.93. The number of aryl methyl sites for hydroxylation is 1. The lowest BCUT2D eigenvalue weighted by atomic mass is 10.2. The standard InChI is InChI=1S/C25H22FN5O5S2/c1-18-3-9-21(10-4-18)31(38(35,36)23-11-5-19(26)6-12-23)17-24(32)29-20-7-13-22(14-8-20)37(33,34)30-25-27-15-2-16-28-25/h2-16H,17H2,1H3,(H,29,32)(H,27,28,30). The molecule has 0 aliphatic carbocycles. The zero-order valence-electron chi connectivity index (χ0n) is 19.9. The number of amides is 1. The van der Waals surface area contributed by atoms with E-state index in [1.807, 2.05) is 6.92 Å². The summed E-state index contributed by atoms with van der Waals surface area (Å²) >= 11 is 0. The van der Waals surface area contributed by atoms with Crippen molar-refractivity contribution in [3.05, 3.63) is 103 Å². The monoisotopic (exact) mass is 555 g/mol. The van der Waals surface area contributed by atoms with Crippen LogP contribution in [0.4, 0.5) is 21.7 Å². The number of nitrogens with zero attached hydrogens (tertiary/aromatic N) is 3. The van der Waals surface area contributed by atoms with Gasteiger partial charge in [-0.1, -0.05) is 17.7 Å². The lowest BCUT2D eigenvalue weighted by Crippen LogP contribution is -2.38. The smallest absolute Gasteiger partial charge is 0.264 e. The molecule has 1 aromatic heterocycles. The van der Waals surface area contributed by atoms with E-state index in [1.165, 1.54) is 36.7 Å². The van der Waals surface area contributed by atoms with Gasteiger partial charge >= 0.3 is 0 Å². The van der Waals surface area contributed by atoms with Crippen LogP contribution in [0.15, 0.2) is 101 Å². The number of anilines is 3. The number of carbonyl (C=O) groups is 1. The average Bonchev–Trinajstić information content (AvgIpc) is 2.89. The van der Waals surface area contributed by atoms with Crippen LogP contribution in [0.1, 0.15) is 5.56 Å². The normalized spacial score (nSPS) is 11.5. The van der Waals surface area contributed by atoms with Gasteiger partial charge < -0.3 is 5.32 Å². The third-order valence-electron chi connectivity index (χ3n) is 5.25. The molecule has 0 fully saturated rings. The van der Waals surface area contributed by atoms with Crippen LogP contribution in [-0.2, 0) is 24.8 Å². The molecule has 0 unspecified atom stereocenters. The fourth-order valence-corrected chi connectivity index (χ4v) is 5.72. The van der Waals surface area contributed by atoms with E-state index in [4.69, 9.17) is 0 Å². The zero-order chi connectivity index (χ0) is 27.3. The molecule has 0 spiro atoms. The van der Waals surface area contributed by atoms with E-state index in [2.05, 4.69) is 20.0 Å². The quantitative estimate of drug-likeness (QED) is 0.322. The molecular weight excluding hydrogens is 533 g/mol. The van der Waals surface area contributed by atoms with Crippen molar-refractivity contribution in [1.82, 2.24) is 9.97 Å². The summed E-state index contributed by atoms with van der Waals surface area (Å²) in [5.41, 5.74) is 1.37. The van der Waals surface area contributed by atoms with E-state index >= 15 is 0 Å². The van der Waals surface area contributed by atoms with E-state index in [-0.39, 0.29) is 27.1 Å². The second kappa shape index (κ2) is 10.9. The Morgan fingerprint density at radius 2 is 1.42 bits per heavy atom. The summed E-state index contributed by atoms with van der Waals surface area (Å²) in [5.74, 6) is -1.37. The first-order chi connectivity index (χ1) is 18.0. The summed E-state index contributed by atoms with van der Waals surface area (Å²) < 4.78 is 68.4. The second-order valence-electron chi connectivity index (χ2n) is 8.05. The van der Waals surface area contributed by atoms with E-state index in [1.54, 1.807) is 30.3 Å². The number of carbonyl (C=O) groups excluding carboxylic acids is 1. The molecule has 4 aromatic rings. The maximum Gasteiger partial charge on any atom is 0.264 e. The van der Waals surface area contributed by atoms with Gasteiger partial charge in [0.2, 0.25) is 11.9 Å². The van der Waals surface area contributed by atoms with Crippen molar-refractivity contribution >= 4 is 43.3 Å². The molecule has 0 atom stereocenters. The molecule has 38 heavy (non-hydrogen) atoms. The number of rotatable bonds is 9. The van der Waals surface area contributed by atoms with Crippen molar-refractivity contribution in [2.45, 2.75) is 16.7 Å². The molecule has 3 aromatic carbocycles. The highest BCUT2D eigenvalue weighted by Crippen LogP contribution is 2.25. The molecule has 10 nitrogen and oxygen atoms in total. The number of halogens is 1. The summed E-state index contributed by atoms with van der Waals surface area (Å²) in [6.45, 7) is 1.25. The van der Waals surface area contributed by atoms with Crippen LogP contribution in [0.25, 0.3) is 0 Å². The number of sulfonamides is 2. The van der Waals surface area contributed by atoms with E-state index in [0.717, 1.165) is 34.1 Å². The summed E-state index contributed by atoms with van der Waals surface area (Å²) in [4.78, 5) is 20.3. The van der Waals surface area contributed by atoms with Gasteiger partial charge in [0.05, 0.1) is 15.5 Å². The molecule has 0 saturated heterocycles. The third-order valence-corrected chi connectivity index (χ3v) is 8.38. The molecule has 2 N–H and O–H groups in total. The fourth-order valence-electron chi connectivity index (χ4n) is 3.34. The Kier molecular flexibility index (Phi) is 7.69. The summed E-state index contributed by atoms with van der Waals surface area (Å²) in [6, 6.07) is 17.6. The number of hydrogen-bond donors (Lipinski definition) is 2. The van der Waals surface area contributed by atoms with Crippen molar-refractivity contribution in [1.29, 1.82) is 0 Å². The Morgan fingerprint density at radius 3 is 2.03 bits per heavy atom. The predicted molar refractivity (Wildman–Crippen MR) is 140 cm³/mol. The Morgan fingerprint density at radius 1 is 0.842 bits per heavy atom. The molecule has 196 valence electrons. The SMILES string of the molecule is Cc1ccc(N(CC(=O)Nc2ccc(S(=O)(=O)Nc3ncccn3)cc2)S(=O)(=O)c2ccc(F)cc2)cc1. The third kappa shape index (κ3) is 6.30. The summed E-state index contributed by atoms with van der Waals surface area (Å²) in [5, 5.41) is 2.57. The van der Waals surface area contributed by atoms with Crippen LogP contribution in [0.2, 0.25) is 0 Å². The van der Waals surface area contributed by atoms with Gasteiger partial charge in [-0.3, -0.25) is 9.10 Å². The molecule has 1 heterocycles. The predicted octanol–water partition coefficient (Wildman–Crippen LogP) is 3.56. The molecule has 0 aliphatic rings. The minimum atomic E-state index is -4.22. The topological polar surface area (TPSA) is 138 Å². The molecule has 13 heteroatoms. The van der Waals surface area contributed by atoms with Crippen molar-refractivity contribution in [2.75, 3.05) is 20.9 Å². The largest absolute Gasteiger partial charge is 0.325 e. The van der Waals surface area contributed by atoms with Crippen LogP contribution >= 0.6 is 0 Å². The van der Waals surface area contributed by atoms with Gasteiger partial charge in [-0.05, 0) is 73.7 Å². The van der Waals surface area contributed by atoms with Crippen molar-refractivity contribution in [3.63, 3.8) is 0 Å².